The van der Waals surface area contributed by atoms with Gasteiger partial charge >= 0.3 is 17.9 Å². The summed E-state index contributed by atoms with van der Waals surface area (Å²) in [5, 5.41) is 12.4. The number of rotatable bonds is 3. The minimum absolute atomic E-state index is 0. The van der Waals surface area contributed by atoms with Gasteiger partial charge in [-0.3, -0.25) is 0 Å². The molecule has 0 atom stereocenters. The van der Waals surface area contributed by atoms with Crippen molar-refractivity contribution in [2.24, 2.45) is 14.1 Å². The van der Waals surface area contributed by atoms with E-state index in [2.05, 4.69) is 63.0 Å². The molecule has 0 aliphatic heterocycles. The normalized spacial score (nSPS) is 10.2. The summed E-state index contributed by atoms with van der Waals surface area (Å²) in [6, 6.07) is 12.5. The molecule has 52 heavy (non-hydrogen) atoms. The molecule has 282 valence electrons. The second kappa shape index (κ2) is 17.3. The van der Waals surface area contributed by atoms with Crippen molar-refractivity contribution in [3.05, 3.63) is 104 Å². The van der Waals surface area contributed by atoms with Crippen LogP contribution in [0, 0.1) is 62.3 Å². The predicted molar refractivity (Wildman–Crippen MR) is 217 cm³/mol. The van der Waals surface area contributed by atoms with Gasteiger partial charge in [-0.15, -0.1) is 0 Å². The van der Waals surface area contributed by atoms with Crippen LogP contribution in [0.15, 0.2) is 36.4 Å². The van der Waals surface area contributed by atoms with Crippen LogP contribution in [0.25, 0.3) is 32.7 Å². The number of H-pyrrole nitrogens is 1. The molecule has 3 heterocycles. The molecule has 0 unspecified atom stereocenters. The number of esters is 2. The molecule has 0 aliphatic carbocycles. The summed E-state index contributed by atoms with van der Waals surface area (Å²) >= 11 is 0. The second-order valence-electron chi connectivity index (χ2n) is 12.9. The van der Waals surface area contributed by atoms with Gasteiger partial charge in [0.05, 0.1) is 14.2 Å². The van der Waals surface area contributed by atoms with Crippen molar-refractivity contribution in [1.29, 1.82) is 0 Å². The van der Waals surface area contributed by atoms with E-state index >= 15 is 0 Å². The van der Waals surface area contributed by atoms with Gasteiger partial charge in [0.2, 0.25) is 0 Å². The van der Waals surface area contributed by atoms with E-state index in [4.69, 9.17) is 14.6 Å². The highest BCUT2D eigenvalue weighted by molar-refractivity contribution is 6.00. The Kier molecular flexibility index (Phi) is 14.8. The standard InChI is InChI=1S/C14H17NO2.2C13H15NO2.3CH4/c1-8-6-11-10(3)13(14(16)17-5)15(4)12(11)7-9(8)2;1-7-5-10-9(3)12(13(15)16-4)14-11(10)6-8(7)2;1-7-5-10-9(3)12(13(15)16)14(4)11(10)6-8(7)2;;;/h6-7H,1-5H3;5-6,14H,1-4H3;5-6H,1-4H3,(H,15,16);3*1H4. The third kappa shape index (κ3) is 8.09. The van der Waals surface area contributed by atoms with Crippen LogP contribution < -0.4 is 0 Å². The molecule has 0 bridgehead atoms. The summed E-state index contributed by atoms with van der Waals surface area (Å²) in [6.45, 7) is 18.1. The van der Waals surface area contributed by atoms with E-state index in [1.165, 1.54) is 47.6 Å². The van der Waals surface area contributed by atoms with E-state index in [0.717, 1.165) is 49.4 Å². The number of aromatic nitrogens is 3. The Balaban J connectivity index is 0.000000379. The van der Waals surface area contributed by atoms with Gasteiger partial charge < -0.3 is 28.7 Å². The number of carbonyl (C=O) groups is 3. The number of hydrogen-bond donors (Lipinski definition) is 2. The molecular weight excluding hydrogens is 654 g/mol. The number of carboxylic acid groups (broad SMARTS) is 1. The number of carboxylic acids is 1. The molecule has 9 nitrogen and oxygen atoms in total. The highest BCUT2D eigenvalue weighted by Gasteiger charge is 2.20. The fourth-order valence-electron chi connectivity index (χ4n) is 6.35. The smallest absolute Gasteiger partial charge is 0.354 e. The number of aryl methyl sites for hydroxylation is 11. The second-order valence-corrected chi connectivity index (χ2v) is 12.9. The first-order valence-electron chi connectivity index (χ1n) is 16.1. The Morgan fingerprint density at radius 2 is 0.904 bits per heavy atom. The summed E-state index contributed by atoms with van der Waals surface area (Å²) in [5.74, 6) is -1.47. The van der Waals surface area contributed by atoms with Crippen LogP contribution in [0.2, 0.25) is 0 Å². The highest BCUT2D eigenvalue weighted by atomic mass is 16.5. The topological polar surface area (TPSA) is 116 Å². The van der Waals surface area contributed by atoms with Crippen molar-refractivity contribution in [3.8, 4) is 0 Å². The largest absolute Gasteiger partial charge is 0.477 e. The van der Waals surface area contributed by atoms with Crippen LogP contribution in [-0.2, 0) is 23.6 Å². The molecule has 0 saturated heterocycles. The van der Waals surface area contributed by atoms with Gasteiger partial charge in [0.25, 0.3) is 0 Å². The van der Waals surface area contributed by atoms with Gasteiger partial charge in [0, 0.05) is 46.8 Å². The molecule has 0 fully saturated rings. The zero-order valence-electron chi connectivity index (χ0n) is 30.8. The van der Waals surface area contributed by atoms with Crippen LogP contribution in [0.5, 0.6) is 0 Å². The van der Waals surface area contributed by atoms with Gasteiger partial charge in [0.15, 0.2) is 0 Å². The minimum atomic E-state index is -0.869. The lowest BCUT2D eigenvalue weighted by Gasteiger charge is -2.03. The molecule has 0 amide bonds. The lowest BCUT2D eigenvalue weighted by Crippen LogP contribution is -2.08. The summed E-state index contributed by atoms with van der Waals surface area (Å²) in [4.78, 5) is 37.5. The summed E-state index contributed by atoms with van der Waals surface area (Å²) < 4.78 is 13.2. The average molecular weight is 714 g/mol. The molecule has 2 N–H and O–H groups in total. The number of carbonyl (C=O) groups excluding carboxylic acids is 2. The van der Waals surface area contributed by atoms with Crippen LogP contribution in [0.1, 0.15) is 104 Å². The van der Waals surface area contributed by atoms with Gasteiger partial charge in [-0.25, -0.2) is 14.4 Å². The Bertz CT molecular complexity index is 2190. The number of aromatic amines is 1. The van der Waals surface area contributed by atoms with E-state index in [1.54, 1.807) is 11.6 Å². The maximum atomic E-state index is 11.8. The number of nitrogens with zero attached hydrogens (tertiary/aromatic N) is 2. The number of hydrogen-bond acceptors (Lipinski definition) is 5. The summed E-state index contributed by atoms with van der Waals surface area (Å²) in [5.41, 5.74) is 14.7. The van der Waals surface area contributed by atoms with Crippen molar-refractivity contribution in [2.45, 2.75) is 84.6 Å². The first-order valence-corrected chi connectivity index (χ1v) is 16.1. The molecule has 6 aromatic rings. The Morgan fingerprint density at radius 3 is 1.33 bits per heavy atom. The molecule has 3 aromatic carbocycles. The highest BCUT2D eigenvalue weighted by Crippen LogP contribution is 2.29. The van der Waals surface area contributed by atoms with Crippen LogP contribution in [0.3, 0.4) is 0 Å². The van der Waals surface area contributed by atoms with E-state index < -0.39 is 5.97 Å². The van der Waals surface area contributed by atoms with Crippen LogP contribution in [-0.4, -0.2) is 51.4 Å². The molecule has 9 heteroatoms. The SMILES string of the molecule is C.C.C.COC(=O)c1[nH]c2cc(C)c(C)cc2c1C.COC(=O)c1c(C)c2cc(C)c(C)cc2n1C.Cc1cc2c(C)c(C(=O)O)n(C)c2cc1C. The third-order valence-electron chi connectivity index (χ3n) is 9.78. The molecule has 0 spiro atoms. The molecule has 3 aromatic heterocycles. The maximum absolute atomic E-state index is 11.8. The first kappa shape index (κ1) is 44.7. The third-order valence-corrected chi connectivity index (χ3v) is 9.78. The zero-order valence-corrected chi connectivity index (χ0v) is 30.8. The van der Waals surface area contributed by atoms with E-state index in [1.807, 2.05) is 52.3 Å². The molecule has 0 saturated carbocycles. The minimum Gasteiger partial charge on any atom is -0.477 e. The number of nitrogens with one attached hydrogen (secondary N) is 1. The summed E-state index contributed by atoms with van der Waals surface area (Å²) in [7, 11) is 6.50. The maximum Gasteiger partial charge on any atom is 0.354 e. The van der Waals surface area contributed by atoms with Crippen molar-refractivity contribution >= 4 is 50.6 Å². The van der Waals surface area contributed by atoms with E-state index in [9.17, 15) is 14.4 Å². The number of ether oxygens (including phenoxy) is 2. The number of benzene rings is 3. The fourth-order valence-corrected chi connectivity index (χ4v) is 6.35. The number of aromatic carboxylic acids is 1. The predicted octanol–water partition coefficient (Wildman–Crippen LogP) is 10.5. The van der Waals surface area contributed by atoms with Crippen molar-refractivity contribution in [3.63, 3.8) is 0 Å². The van der Waals surface area contributed by atoms with Crippen LogP contribution in [0.4, 0.5) is 0 Å². The van der Waals surface area contributed by atoms with Crippen molar-refractivity contribution in [2.75, 3.05) is 14.2 Å². The van der Waals surface area contributed by atoms with Gasteiger partial charge in [-0.05, 0) is 149 Å². The van der Waals surface area contributed by atoms with Crippen molar-refractivity contribution < 1.29 is 29.0 Å². The molecule has 6 rings (SSSR count). The van der Waals surface area contributed by atoms with Crippen LogP contribution >= 0.6 is 0 Å². The van der Waals surface area contributed by atoms with E-state index in [0.29, 0.717) is 17.1 Å². The summed E-state index contributed by atoms with van der Waals surface area (Å²) in [6.07, 6.45) is 0. The fraction of sp³-hybridized carbons (Fsp3) is 0.372. The Hall–Kier alpha value is -5.31. The lowest BCUT2D eigenvalue weighted by atomic mass is 10.1. The molecular formula is C43H59N3O6. The van der Waals surface area contributed by atoms with E-state index in [-0.39, 0.29) is 34.2 Å². The van der Waals surface area contributed by atoms with Crippen molar-refractivity contribution in [1.82, 2.24) is 14.1 Å². The monoisotopic (exact) mass is 713 g/mol. The quantitative estimate of drug-likeness (QED) is 0.176. The lowest BCUT2D eigenvalue weighted by molar-refractivity contribution is 0.0582. The number of fused-ring (bicyclic) bond motifs is 3. The first-order chi connectivity index (χ1) is 22.9. The zero-order chi connectivity index (χ0) is 36.6. The molecule has 0 radical (unpaired) electrons. The molecule has 0 aliphatic rings. The van der Waals surface area contributed by atoms with Gasteiger partial charge in [0.1, 0.15) is 17.1 Å². The van der Waals surface area contributed by atoms with Gasteiger partial charge in [-0.1, -0.05) is 22.3 Å². The van der Waals surface area contributed by atoms with Gasteiger partial charge in [-0.2, -0.15) is 0 Å². The number of methoxy groups -OCH3 is 2. The Morgan fingerprint density at radius 1 is 0.538 bits per heavy atom. The Labute approximate surface area is 309 Å². The average Bonchev–Trinajstić information content (AvgIpc) is 3.59.